The first-order chi connectivity index (χ1) is 15.3. The Morgan fingerprint density at radius 1 is 1.00 bits per heavy atom. The van der Waals surface area contributed by atoms with E-state index < -0.39 is 0 Å². The number of ether oxygens (including phenoxy) is 1. The Balaban J connectivity index is 1.00. The molecule has 5 heterocycles. The average Bonchev–Trinajstić information content (AvgIpc) is 3.52. The molecule has 0 aromatic carbocycles. The van der Waals surface area contributed by atoms with Crippen molar-refractivity contribution in [3.05, 3.63) is 0 Å². The van der Waals surface area contributed by atoms with Gasteiger partial charge in [-0.3, -0.25) is 20.4 Å². The Bertz CT molecular complexity index is 649. The SMILES string of the molecule is O=C(C1CCC1)N1CCC(C2NOC(C3CNC4CNN(C5CCOC5)C4C3)N2)CC1. The number of piperidine rings is 2. The number of hydrazine groups is 1. The number of amides is 1. The zero-order chi connectivity index (χ0) is 20.8. The Morgan fingerprint density at radius 2 is 1.87 bits per heavy atom. The molecule has 174 valence electrons. The van der Waals surface area contributed by atoms with E-state index in [0.717, 1.165) is 77.9 Å². The Kier molecular flexibility index (Phi) is 5.93. The number of carbonyl (C=O) groups is 1. The smallest absolute Gasteiger partial charge is 0.225 e. The Hall–Kier alpha value is -0.810. The minimum atomic E-state index is 0.0374. The van der Waals surface area contributed by atoms with Crippen LogP contribution < -0.4 is 21.5 Å². The molecule has 1 saturated carbocycles. The molecular weight excluding hydrogens is 396 g/mol. The summed E-state index contributed by atoms with van der Waals surface area (Å²) >= 11 is 0. The zero-order valence-corrected chi connectivity index (χ0v) is 18.4. The molecule has 0 aromatic heterocycles. The van der Waals surface area contributed by atoms with Crippen LogP contribution in [0.5, 0.6) is 0 Å². The molecule has 5 saturated heterocycles. The highest BCUT2D eigenvalue weighted by Gasteiger charge is 2.46. The summed E-state index contributed by atoms with van der Waals surface area (Å²) < 4.78 is 5.63. The maximum Gasteiger partial charge on any atom is 0.225 e. The van der Waals surface area contributed by atoms with Gasteiger partial charge < -0.3 is 15.0 Å². The van der Waals surface area contributed by atoms with Crippen molar-refractivity contribution in [1.82, 2.24) is 31.4 Å². The summed E-state index contributed by atoms with van der Waals surface area (Å²) in [6, 6.07) is 1.50. The van der Waals surface area contributed by atoms with Crippen LogP contribution in [-0.2, 0) is 14.4 Å². The summed E-state index contributed by atoms with van der Waals surface area (Å²) in [5.74, 6) is 1.66. The van der Waals surface area contributed by atoms with Crippen molar-refractivity contribution in [2.45, 2.75) is 75.5 Å². The first-order valence-electron chi connectivity index (χ1n) is 12.6. The predicted octanol–water partition coefficient (Wildman–Crippen LogP) is -0.242. The maximum atomic E-state index is 12.5. The van der Waals surface area contributed by atoms with Gasteiger partial charge in [-0.05, 0) is 44.4 Å². The highest BCUT2D eigenvalue weighted by molar-refractivity contribution is 5.79. The van der Waals surface area contributed by atoms with Crippen LogP contribution in [0, 0.1) is 17.8 Å². The lowest BCUT2D eigenvalue weighted by Crippen LogP contribution is -2.57. The van der Waals surface area contributed by atoms with Crippen LogP contribution >= 0.6 is 0 Å². The molecule has 9 heteroatoms. The van der Waals surface area contributed by atoms with E-state index in [1.165, 1.54) is 6.42 Å². The molecule has 1 aliphatic carbocycles. The molecule has 6 aliphatic rings. The molecule has 6 unspecified atom stereocenters. The van der Waals surface area contributed by atoms with E-state index >= 15 is 0 Å². The lowest BCUT2D eigenvalue weighted by molar-refractivity contribution is -0.139. The van der Waals surface area contributed by atoms with E-state index in [-0.39, 0.29) is 12.4 Å². The van der Waals surface area contributed by atoms with E-state index in [2.05, 4.69) is 31.4 Å². The number of hydroxylamine groups is 1. The van der Waals surface area contributed by atoms with Crippen molar-refractivity contribution in [1.29, 1.82) is 0 Å². The van der Waals surface area contributed by atoms with Gasteiger partial charge in [0, 0.05) is 56.7 Å². The molecule has 0 aromatic rings. The van der Waals surface area contributed by atoms with Crippen molar-refractivity contribution >= 4 is 5.91 Å². The number of fused-ring (bicyclic) bond motifs is 1. The third kappa shape index (κ3) is 4.03. The van der Waals surface area contributed by atoms with Crippen LogP contribution in [0.2, 0.25) is 0 Å². The fourth-order valence-electron chi connectivity index (χ4n) is 6.43. The van der Waals surface area contributed by atoms with Crippen LogP contribution in [0.3, 0.4) is 0 Å². The predicted molar refractivity (Wildman–Crippen MR) is 114 cm³/mol. The lowest BCUT2D eigenvalue weighted by atomic mass is 9.83. The molecule has 6 fully saturated rings. The highest BCUT2D eigenvalue weighted by atomic mass is 16.7. The van der Waals surface area contributed by atoms with Gasteiger partial charge in [0.15, 0.2) is 0 Å². The molecule has 9 nitrogen and oxygen atoms in total. The van der Waals surface area contributed by atoms with E-state index in [0.29, 0.717) is 41.8 Å². The minimum absolute atomic E-state index is 0.0374. The van der Waals surface area contributed by atoms with Crippen LogP contribution in [0.25, 0.3) is 0 Å². The molecule has 0 radical (unpaired) electrons. The molecule has 0 bridgehead atoms. The van der Waals surface area contributed by atoms with Gasteiger partial charge >= 0.3 is 0 Å². The largest absolute Gasteiger partial charge is 0.380 e. The molecule has 31 heavy (non-hydrogen) atoms. The van der Waals surface area contributed by atoms with Crippen LogP contribution in [0.1, 0.15) is 44.9 Å². The van der Waals surface area contributed by atoms with Crippen molar-refractivity contribution in [2.24, 2.45) is 17.8 Å². The van der Waals surface area contributed by atoms with E-state index in [4.69, 9.17) is 9.57 Å². The summed E-state index contributed by atoms with van der Waals surface area (Å²) in [6.07, 6.45) is 7.97. The van der Waals surface area contributed by atoms with Gasteiger partial charge in [0.05, 0.1) is 18.8 Å². The number of rotatable bonds is 4. The van der Waals surface area contributed by atoms with Gasteiger partial charge in [0.2, 0.25) is 5.91 Å². The average molecular weight is 435 g/mol. The standard InChI is InChI=1S/C22H38N6O3/c29-22(15-2-1-3-15)27-7-4-14(5-8-27)20-25-21(31-26-20)16-10-19-18(23-11-16)12-24-28(19)17-6-9-30-13-17/h14-21,23-26H,1-13H2. The van der Waals surface area contributed by atoms with E-state index in [1.54, 1.807) is 0 Å². The van der Waals surface area contributed by atoms with Gasteiger partial charge in [-0.25, -0.2) is 5.01 Å². The van der Waals surface area contributed by atoms with Crippen molar-refractivity contribution in [3.63, 3.8) is 0 Å². The first-order valence-corrected chi connectivity index (χ1v) is 12.6. The van der Waals surface area contributed by atoms with Crippen molar-refractivity contribution < 1.29 is 14.4 Å². The second-order valence-corrected chi connectivity index (χ2v) is 10.5. The van der Waals surface area contributed by atoms with Crippen molar-refractivity contribution in [2.75, 3.05) is 39.4 Å². The van der Waals surface area contributed by atoms with E-state index in [1.807, 2.05) is 0 Å². The molecule has 0 spiro atoms. The fourth-order valence-corrected chi connectivity index (χ4v) is 6.43. The second kappa shape index (κ2) is 8.85. The molecule has 6 atom stereocenters. The quantitative estimate of drug-likeness (QED) is 0.482. The summed E-state index contributed by atoms with van der Waals surface area (Å²) in [7, 11) is 0. The van der Waals surface area contributed by atoms with Crippen LogP contribution in [0.4, 0.5) is 0 Å². The van der Waals surface area contributed by atoms with Gasteiger partial charge in [0.25, 0.3) is 0 Å². The third-order valence-corrected chi connectivity index (χ3v) is 8.67. The molecule has 4 N–H and O–H groups in total. The summed E-state index contributed by atoms with van der Waals surface area (Å²) in [5, 5.41) is 9.97. The fraction of sp³-hybridized carbons (Fsp3) is 0.955. The number of carbonyl (C=O) groups excluding carboxylic acids is 1. The topological polar surface area (TPSA) is 90.1 Å². The Labute approximate surface area is 184 Å². The van der Waals surface area contributed by atoms with Gasteiger partial charge in [-0.1, -0.05) is 6.42 Å². The van der Waals surface area contributed by atoms with Crippen LogP contribution in [-0.4, -0.2) is 85.7 Å². The van der Waals surface area contributed by atoms with E-state index in [9.17, 15) is 4.79 Å². The molecule has 1 amide bonds. The second-order valence-electron chi connectivity index (χ2n) is 10.5. The molecule has 5 aliphatic heterocycles. The molecular formula is C22H38N6O3. The monoisotopic (exact) mass is 434 g/mol. The van der Waals surface area contributed by atoms with Crippen molar-refractivity contribution in [3.8, 4) is 0 Å². The van der Waals surface area contributed by atoms with Gasteiger partial charge in [-0.2, -0.15) is 5.48 Å². The molecule has 6 rings (SSSR count). The summed E-state index contributed by atoms with van der Waals surface area (Å²) in [5.41, 5.74) is 6.92. The third-order valence-electron chi connectivity index (χ3n) is 8.67. The number of hydrogen-bond acceptors (Lipinski definition) is 8. The Morgan fingerprint density at radius 3 is 2.61 bits per heavy atom. The highest BCUT2D eigenvalue weighted by Crippen LogP contribution is 2.33. The number of hydrogen-bond donors (Lipinski definition) is 4. The number of nitrogens with one attached hydrogen (secondary N) is 4. The summed E-state index contributed by atoms with van der Waals surface area (Å²) in [4.78, 5) is 20.7. The minimum Gasteiger partial charge on any atom is -0.380 e. The van der Waals surface area contributed by atoms with Gasteiger partial charge in [0.1, 0.15) is 6.23 Å². The van der Waals surface area contributed by atoms with Crippen LogP contribution in [0.15, 0.2) is 0 Å². The summed E-state index contributed by atoms with van der Waals surface area (Å²) in [6.45, 7) is 5.49. The number of likely N-dealkylation sites (tertiary alicyclic amines) is 1. The number of nitrogens with zero attached hydrogens (tertiary/aromatic N) is 2. The maximum absolute atomic E-state index is 12.5. The normalized spacial score (nSPS) is 42.6. The van der Waals surface area contributed by atoms with Gasteiger partial charge in [-0.15, -0.1) is 0 Å². The first kappa shape index (κ1) is 20.8. The lowest BCUT2D eigenvalue weighted by Gasteiger charge is -2.39. The zero-order valence-electron chi connectivity index (χ0n) is 18.4.